The van der Waals surface area contributed by atoms with Crippen LogP contribution in [0.3, 0.4) is 0 Å². The van der Waals surface area contributed by atoms with Crippen molar-refractivity contribution in [2.24, 2.45) is 0 Å². The van der Waals surface area contributed by atoms with E-state index in [-0.39, 0.29) is 0 Å². The van der Waals surface area contributed by atoms with Crippen molar-refractivity contribution < 1.29 is 0 Å². The molecule has 3 rings (SSSR count). The van der Waals surface area contributed by atoms with Crippen LogP contribution in [0, 0.1) is 0 Å². The summed E-state index contributed by atoms with van der Waals surface area (Å²) < 4.78 is 0. The minimum Gasteiger partial charge on any atom is -0.361 e. The Kier molecular flexibility index (Phi) is 1.44. The Morgan fingerprint density at radius 3 is 2.93 bits per heavy atom. The number of nitrogens with zero attached hydrogens (tertiary/aromatic N) is 1. The molecule has 0 aliphatic heterocycles. The number of aromatic amines is 2. The molecule has 14 heavy (non-hydrogen) atoms. The van der Waals surface area contributed by atoms with Gasteiger partial charge in [0.15, 0.2) is 0 Å². The number of fused-ring (bicyclic) bond motifs is 1. The van der Waals surface area contributed by atoms with Crippen molar-refractivity contribution in [1.29, 1.82) is 0 Å². The fraction of sp³-hybridized carbons (Fsp3) is 0. The number of benzene rings is 1. The van der Waals surface area contributed by atoms with E-state index in [0.717, 1.165) is 11.2 Å². The Hall–Kier alpha value is -2.03. The fourth-order valence-electron chi connectivity index (χ4n) is 1.73. The van der Waals surface area contributed by atoms with Crippen LogP contribution in [0.5, 0.6) is 0 Å². The second-order valence-corrected chi connectivity index (χ2v) is 3.21. The number of hydrogen-bond donors (Lipinski definition) is 2. The van der Waals surface area contributed by atoms with Gasteiger partial charge in [-0.05, 0) is 18.2 Å². The van der Waals surface area contributed by atoms with Crippen molar-refractivity contribution in [1.82, 2.24) is 15.2 Å². The van der Waals surface area contributed by atoms with E-state index < -0.39 is 0 Å². The van der Waals surface area contributed by atoms with Crippen LogP contribution in [0.25, 0.3) is 22.2 Å². The highest BCUT2D eigenvalue weighted by atomic mass is 15.1. The van der Waals surface area contributed by atoms with Gasteiger partial charge in [-0.15, -0.1) is 0 Å². The summed E-state index contributed by atoms with van der Waals surface area (Å²) in [5.41, 5.74) is 3.38. The maximum absolute atomic E-state index is 3.95. The number of rotatable bonds is 1. The zero-order valence-electron chi connectivity index (χ0n) is 7.49. The van der Waals surface area contributed by atoms with Gasteiger partial charge < -0.3 is 4.98 Å². The molecule has 0 saturated carbocycles. The smallest absolute Gasteiger partial charge is 0.0656 e. The lowest BCUT2D eigenvalue weighted by Crippen LogP contribution is -1.78. The molecule has 3 nitrogen and oxygen atoms in total. The predicted octanol–water partition coefficient (Wildman–Crippen LogP) is 2.56. The lowest BCUT2D eigenvalue weighted by molar-refractivity contribution is 1.10. The average molecular weight is 183 g/mol. The fourth-order valence-corrected chi connectivity index (χ4v) is 1.73. The maximum Gasteiger partial charge on any atom is 0.0656 e. The first-order valence-corrected chi connectivity index (χ1v) is 4.51. The molecule has 0 aliphatic carbocycles. The number of aromatic nitrogens is 3. The van der Waals surface area contributed by atoms with Crippen LogP contribution in [0.2, 0.25) is 0 Å². The van der Waals surface area contributed by atoms with Crippen molar-refractivity contribution in [2.45, 2.75) is 0 Å². The summed E-state index contributed by atoms with van der Waals surface area (Å²) in [6.45, 7) is 0. The molecular formula is C11H9N3. The average Bonchev–Trinajstić information content (AvgIpc) is 2.88. The molecule has 0 amide bonds. The molecule has 3 heteroatoms. The summed E-state index contributed by atoms with van der Waals surface area (Å²) in [5, 5.41) is 8.15. The highest BCUT2D eigenvalue weighted by molar-refractivity contribution is 5.93. The topological polar surface area (TPSA) is 44.5 Å². The molecule has 2 aromatic heterocycles. The molecule has 1 aromatic carbocycles. The first-order chi connectivity index (χ1) is 6.95. The highest BCUT2D eigenvalue weighted by Crippen LogP contribution is 2.25. The normalized spacial score (nSPS) is 10.9. The van der Waals surface area contributed by atoms with Crippen molar-refractivity contribution in [3.05, 3.63) is 42.7 Å². The van der Waals surface area contributed by atoms with Crippen LogP contribution >= 0.6 is 0 Å². The van der Waals surface area contributed by atoms with Crippen LogP contribution in [-0.2, 0) is 0 Å². The minimum atomic E-state index is 1.05. The van der Waals surface area contributed by atoms with Gasteiger partial charge in [0.25, 0.3) is 0 Å². The van der Waals surface area contributed by atoms with Crippen molar-refractivity contribution >= 4 is 10.9 Å². The molecule has 2 heterocycles. The molecule has 2 N–H and O–H groups in total. The van der Waals surface area contributed by atoms with E-state index in [4.69, 9.17) is 0 Å². The molecule has 0 atom stereocenters. The Bertz CT molecular complexity index is 549. The Labute approximate surface area is 80.8 Å². The lowest BCUT2D eigenvalue weighted by atomic mass is 10.1. The highest BCUT2D eigenvalue weighted by Gasteiger charge is 2.03. The van der Waals surface area contributed by atoms with Gasteiger partial charge in [-0.1, -0.05) is 12.1 Å². The van der Waals surface area contributed by atoms with Crippen LogP contribution in [0.4, 0.5) is 0 Å². The summed E-state index contributed by atoms with van der Waals surface area (Å²) in [5.74, 6) is 0. The quantitative estimate of drug-likeness (QED) is 0.598. The SMILES string of the molecule is c1cc(-c2ccn[nH]2)c2cc[nH]c2c1. The zero-order chi connectivity index (χ0) is 9.38. The molecule has 0 unspecified atom stereocenters. The van der Waals surface area contributed by atoms with E-state index in [2.05, 4.69) is 33.4 Å². The summed E-state index contributed by atoms with van der Waals surface area (Å²) in [7, 11) is 0. The van der Waals surface area contributed by atoms with Gasteiger partial charge in [-0.25, -0.2) is 0 Å². The summed E-state index contributed by atoms with van der Waals surface area (Å²) in [6.07, 6.45) is 3.71. The summed E-state index contributed by atoms with van der Waals surface area (Å²) >= 11 is 0. The Morgan fingerprint density at radius 2 is 2.07 bits per heavy atom. The zero-order valence-corrected chi connectivity index (χ0v) is 7.49. The van der Waals surface area contributed by atoms with Gasteiger partial charge in [-0.2, -0.15) is 5.10 Å². The Balaban J connectivity index is 2.36. The van der Waals surface area contributed by atoms with Gasteiger partial charge in [0.05, 0.1) is 5.69 Å². The number of nitrogens with one attached hydrogen (secondary N) is 2. The molecule has 0 radical (unpaired) electrons. The first kappa shape index (κ1) is 7.38. The lowest BCUT2D eigenvalue weighted by Gasteiger charge is -1.98. The van der Waals surface area contributed by atoms with Crippen molar-refractivity contribution in [3.63, 3.8) is 0 Å². The van der Waals surface area contributed by atoms with E-state index in [1.165, 1.54) is 10.9 Å². The molecule has 0 saturated heterocycles. The van der Waals surface area contributed by atoms with E-state index >= 15 is 0 Å². The van der Waals surface area contributed by atoms with Gasteiger partial charge in [0, 0.05) is 28.9 Å². The van der Waals surface area contributed by atoms with Gasteiger partial charge >= 0.3 is 0 Å². The third-order valence-corrected chi connectivity index (χ3v) is 2.39. The molecule has 0 spiro atoms. The van der Waals surface area contributed by atoms with Crippen molar-refractivity contribution in [2.75, 3.05) is 0 Å². The Morgan fingerprint density at radius 1 is 1.07 bits per heavy atom. The predicted molar refractivity (Wildman–Crippen MR) is 55.9 cm³/mol. The molecule has 0 aliphatic rings. The second-order valence-electron chi connectivity index (χ2n) is 3.21. The maximum atomic E-state index is 3.95. The van der Waals surface area contributed by atoms with Crippen molar-refractivity contribution in [3.8, 4) is 11.3 Å². The first-order valence-electron chi connectivity index (χ1n) is 4.51. The van der Waals surface area contributed by atoms with Gasteiger partial charge in [0.1, 0.15) is 0 Å². The monoisotopic (exact) mass is 183 g/mol. The van der Waals surface area contributed by atoms with Gasteiger partial charge in [0.2, 0.25) is 0 Å². The van der Waals surface area contributed by atoms with Crippen LogP contribution in [0.15, 0.2) is 42.7 Å². The number of hydrogen-bond acceptors (Lipinski definition) is 1. The summed E-state index contributed by atoms with van der Waals surface area (Å²) in [6, 6.07) is 10.2. The van der Waals surface area contributed by atoms with Crippen LogP contribution < -0.4 is 0 Å². The van der Waals surface area contributed by atoms with Crippen LogP contribution in [0.1, 0.15) is 0 Å². The second kappa shape index (κ2) is 2.73. The third kappa shape index (κ3) is 0.956. The van der Waals surface area contributed by atoms with Crippen LogP contribution in [-0.4, -0.2) is 15.2 Å². The largest absolute Gasteiger partial charge is 0.361 e. The number of H-pyrrole nitrogens is 2. The van der Waals surface area contributed by atoms with E-state index in [9.17, 15) is 0 Å². The molecular weight excluding hydrogens is 174 g/mol. The minimum absolute atomic E-state index is 1.05. The van der Waals surface area contributed by atoms with Gasteiger partial charge in [-0.3, -0.25) is 5.10 Å². The standard InChI is InChI=1S/C11H9N3/c1-2-8(11-5-7-13-14-11)9-4-6-12-10(9)3-1/h1-7,12H,(H,13,14). The van der Waals surface area contributed by atoms with E-state index in [1.807, 2.05) is 18.3 Å². The molecule has 3 aromatic rings. The molecule has 0 fully saturated rings. The van der Waals surface area contributed by atoms with E-state index in [0.29, 0.717) is 0 Å². The molecule has 0 bridgehead atoms. The molecule has 68 valence electrons. The third-order valence-electron chi connectivity index (χ3n) is 2.39. The summed E-state index contributed by atoms with van der Waals surface area (Å²) in [4.78, 5) is 3.19. The van der Waals surface area contributed by atoms with E-state index in [1.54, 1.807) is 6.20 Å².